The van der Waals surface area contributed by atoms with Gasteiger partial charge in [-0.1, -0.05) is 43.3 Å². The number of benzene rings is 1. The van der Waals surface area contributed by atoms with Crippen molar-refractivity contribution in [3.63, 3.8) is 0 Å². The van der Waals surface area contributed by atoms with E-state index in [1.54, 1.807) is 23.3 Å². The third-order valence-corrected chi connectivity index (χ3v) is 5.56. The van der Waals surface area contributed by atoms with E-state index in [4.69, 9.17) is 4.52 Å². The minimum atomic E-state index is -0.237. The van der Waals surface area contributed by atoms with Crippen LogP contribution in [-0.2, 0) is 6.54 Å². The van der Waals surface area contributed by atoms with Crippen LogP contribution < -0.4 is 5.32 Å². The molecular formula is C24H24N6O2. The molecule has 1 aliphatic carbocycles. The van der Waals surface area contributed by atoms with Gasteiger partial charge in [-0.3, -0.25) is 9.36 Å². The Balaban J connectivity index is 1.26. The minimum Gasteiger partial charge on any atom is -0.347 e. The number of carbonyl (C=O) groups excluding carboxylic acids is 1. The quantitative estimate of drug-likeness (QED) is 0.472. The second-order valence-electron chi connectivity index (χ2n) is 8.38. The number of nitrogens with zero attached hydrogens (tertiary/aromatic N) is 5. The highest BCUT2D eigenvalue weighted by Crippen LogP contribution is 2.38. The number of hydrogen-bond donors (Lipinski definition) is 1. The highest BCUT2D eigenvalue weighted by Gasteiger charge is 2.29. The van der Waals surface area contributed by atoms with E-state index >= 15 is 0 Å². The van der Waals surface area contributed by atoms with Gasteiger partial charge in [-0.2, -0.15) is 4.98 Å². The highest BCUT2D eigenvalue weighted by molar-refractivity contribution is 5.92. The number of pyridine rings is 1. The second kappa shape index (κ2) is 8.37. The van der Waals surface area contributed by atoms with E-state index in [0.29, 0.717) is 35.8 Å². The Morgan fingerprint density at radius 3 is 2.75 bits per heavy atom. The SMILES string of the molecule is CC(C)c1ccc(CNC(=O)c2cn(-c3cc(-c4nc(C5CC5)no4)ccn3)cn2)cc1. The molecule has 1 fully saturated rings. The second-order valence-corrected chi connectivity index (χ2v) is 8.38. The lowest BCUT2D eigenvalue weighted by molar-refractivity contribution is 0.0946. The highest BCUT2D eigenvalue weighted by atomic mass is 16.5. The monoisotopic (exact) mass is 428 g/mol. The average Bonchev–Trinajstić information content (AvgIpc) is 3.34. The van der Waals surface area contributed by atoms with E-state index in [1.165, 1.54) is 5.56 Å². The normalized spacial score (nSPS) is 13.5. The summed E-state index contributed by atoms with van der Waals surface area (Å²) in [5.41, 5.74) is 3.42. The molecule has 1 aliphatic rings. The summed E-state index contributed by atoms with van der Waals surface area (Å²) in [5.74, 6) is 2.52. The lowest BCUT2D eigenvalue weighted by Gasteiger charge is -2.07. The molecule has 3 heterocycles. The van der Waals surface area contributed by atoms with Gasteiger partial charge in [-0.05, 0) is 42.0 Å². The smallest absolute Gasteiger partial charge is 0.271 e. The maximum absolute atomic E-state index is 12.6. The maximum atomic E-state index is 12.6. The summed E-state index contributed by atoms with van der Waals surface area (Å²) in [5, 5.41) is 6.98. The Labute approximate surface area is 185 Å². The number of carbonyl (C=O) groups is 1. The summed E-state index contributed by atoms with van der Waals surface area (Å²) in [6.07, 6.45) is 7.13. The van der Waals surface area contributed by atoms with Gasteiger partial charge in [-0.15, -0.1) is 0 Å². The summed E-state index contributed by atoms with van der Waals surface area (Å²) in [7, 11) is 0. The summed E-state index contributed by atoms with van der Waals surface area (Å²) in [4.78, 5) is 25.7. The van der Waals surface area contributed by atoms with E-state index in [0.717, 1.165) is 29.8 Å². The van der Waals surface area contributed by atoms with E-state index in [2.05, 4.69) is 51.4 Å². The van der Waals surface area contributed by atoms with Crippen LogP contribution >= 0.6 is 0 Å². The van der Waals surface area contributed by atoms with Crippen LogP contribution in [-0.4, -0.2) is 30.6 Å². The Morgan fingerprint density at radius 2 is 2.00 bits per heavy atom. The Bertz CT molecular complexity index is 1240. The van der Waals surface area contributed by atoms with E-state index in [1.807, 2.05) is 24.3 Å². The van der Waals surface area contributed by atoms with Gasteiger partial charge in [0.2, 0.25) is 0 Å². The fourth-order valence-corrected chi connectivity index (χ4v) is 3.41. The minimum absolute atomic E-state index is 0.237. The molecule has 4 aromatic rings. The predicted molar refractivity (Wildman–Crippen MR) is 118 cm³/mol. The lowest BCUT2D eigenvalue weighted by atomic mass is 10.0. The molecule has 5 rings (SSSR count). The largest absolute Gasteiger partial charge is 0.347 e. The first kappa shape index (κ1) is 20.1. The molecule has 32 heavy (non-hydrogen) atoms. The fraction of sp³-hybridized carbons (Fsp3) is 0.292. The zero-order valence-electron chi connectivity index (χ0n) is 18.0. The molecule has 8 heteroatoms. The summed E-state index contributed by atoms with van der Waals surface area (Å²) in [6.45, 7) is 4.76. The van der Waals surface area contributed by atoms with Crippen molar-refractivity contribution in [3.8, 4) is 17.3 Å². The Morgan fingerprint density at radius 1 is 1.19 bits per heavy atom. The molecule has 1 saturated carbocycles. The van der Waals surface area contributed by atoms with Crippen molar-refractivity contribution >= 4 is 5.91 Å². The standard InChI is InChI=1S/C24H24N6O2/c1-15(2)17-5-3-16(4-6-17)12-26-23(31)20-13-30(14-27-20)21-11-19(9-10-25-21)24-28-22(29-32-24)18-7-8-18/h3-6,9-11,13-15,18H,7-8,12H2,1-2H3,(H,26,31). The summed E-state index contributed by atoms with van der Waals surface area (Å²) < 4.78 is 7.11. The number of hydrogen-bond acceptors (Lipinski definition) is 6. The topological polar surface area (TPSA) is 98.7 Å². The molecule has 0 saturated heterocycles. The molecule has 8 nitrogen and oxygen atoms in total. The number of nitrogens with one attached hydrogen (secondary N) is 1. The van der Waals surface area contributed by atoms with E-state index < -0.39 is 0 Å². The van der Waals surface area contributed by atoms with Gasteiger partial charge in [0, 0.05) is 30.4 Å². The molecule has 0 spiro atoms. The zero-order chi connectivity index (χ0) is 22.1. The number of imidazole rings is 1. The van der Waals surface area contributed by atoms with Crippen molar-refractivity contribution in [2.75, 3.05) is 0 Å². The van der Waals surface area contributed by atoms with Crippen LogP contribution in [0.1, 0.15) is 66.0 Å². The van der Waals surface area contributed by atoms with Gasteiger partial charge in [0.05, 0.1) is 0 Å². The first-order chi connectivity index (χ1) is 15.6. The van der Waals surface area contributed by atoms with Gasteiger partial charge in [0.15, 0.2) is 5.82 Å². The van der Waals surface area contributed by atoms with E-state index in [9.17, 15) is 4.79 Å². The number of aromatic nitrogens is 5. The van der Waals surface area contributed by atoms with Crippen LogP contribution in [0.25, 0.3) is 17.3 Å². The molecule has 1 amide bonds. The van der Waals surface area contributed by atoms with Crippen LogP contribution in [0.4, 0.5) is 0 Å². The summed E-state index contributed by atoms with van der Waals surface area (Å²) >= 11 is 0. The van der Waals surface area contributed by atoms with Gasteiger partial charge in [0.25, 0.3) is 11.8 Å². The Kier molecular flexibility index (Phi) is 5.26. The van der Waals surface area contributed by atoms with Crippen LogP contribution in [0, 0.1) is 0 Å². The molecule has 3 aromatic heterocycles. The van der Waals surface area contributed by atoms with Crippen molar-refractivity contribution in [2.24, 2.45) is 0 Å². The average molecular weight is 428 g/mol. The first-order valence-electron chi connectivity index (χ1n) is 10.8. The lowest BCUT2D eigenvalue weighted by Crippen LogP contribution is -2.23. The molecule has 1 aromatic carbocycles. The molecule has 162 valence electrons. The zero-order valence-corrected chi connectivity index (χ0v) is 18.0. The van der Waals surface area contributed by atoms with Crippen molar-refractivity contribution in [2.45, 2.75) is 45.1 Å². The predicted octanol–water partition coefficient (Wildman–Crippen LogP) is 4.25. The first-order valence-corrected chi connectivity index (χ1v) is 10.8. The van der Waals surface area contributed by atoms with Crippen LogP contribution in [0.2, 0.25) is 0 Å². The van der Waals surface area contributed by atoms with E-state index in [-0.39, 0.29) is 5.91 Å². The molecule has 0 unspecified atom stereocenters. The molecular weight excluding hydrogens is 404 g/mol. The van der Waals surface area contributed by atoms with Gasteiger partial charge in [0.1, 0.15) is 17.8 Å². The van der Waals surface area contributed by atoms with Crippen LogP contribution in [0.3, 0.4) is 0 Å². The van der Waals surface area contributed by atoms with Crippen molar-refractivity contribution < 1.29 is 9.32 Å². The summed E-state index contributed by atoms with van der Waals surface area (Å²) in [6, 6.07) is 11.9. The molecule has 0 atom stereocenters. The Hall–Kier alpha value is -3.81. The maximum Gasteiger partial charge on any atom is 0.271 e. The van der Waals surface area contributed by atoms with Crippen molar-refractivity contribution in [1.82, 2.24) is 30.0 Å². The molecule has 0 bridgehead atoms. The van der Waals surface area contributed by atoms with Crippen molar-refractivity contribution in [1.29, 1.82) is 0 Å². The van der Waals surface area contributed by atoms with Crippen LogP contribution in [0.5, 0.6) is 0 Å². The number of amides is 1. The van der Waals surface area contributed by atoms with Gasteiger partial charge >= 0.3 is 0 Å². The molecule has 0 radical (unpaired) electrons. The van der Waals surface area contributed by atoms with Gasteiger partial charge in [-0.25, -0.2) is 9.97 Å². The van der Waals surface area contributed by atoms with Gasteiger partial charge < -0.3 is 9.84 Å². The molecule has 1 N–H and O–H groups in total. The number of rotatable bonds is 7. The fourth-order valence-electron chi connectivity index (χ4n) is 3.41. The van der Waals surface area contributed by atoms with Crippen LogP contribution in [0.15, 0.2) is 59.6 Å². The van der Waals surface area contributed by atoms with Crippen molar-refractivity contribution in [3.05, 3.63) is 77.8 Å². The molecule has 0 aliphatic heterocycles. The third kappa shape index (κ3) is 4.30. The third-order valence-electron chi connectivity index (χ3n) is 5.56.